The number of hydrogen-bond acceptors (Lipinski definition) is 4. The standard InChI is InChI=1S/C17H17ClF3N3O/c18-13-3-1-12(2-4-13)10-23-11-15(9-22)24(16(23)17(19,20)21)14-5-7-25-8-6-14/h1-4,11,14,16H,5-8,10H2. The molecule has 1 aromatic carbocycles. The summed E-state index contributed by atoms with van der Waals surface area (Å²) >= 11 is 5.83. The average molecular weight is 372 g/mol. The molecule has 25 heavy (non-hydrogen) atoms. The van der Waals surface area contributed by atoms with Crippen LogP contribution in [0.2, 0.25) is 5.02 Å². The largest absolute Gasteiger partial charge is 0.427 e. The van der Waals surface area contributed by atoms with E-state index in [1.807, 2.05) is 6.07 Å². The Labute approximate surface area is 149 Å². The molecule has 0 aromatic heterocycles. The van der Waals surface area contributed by atoms with Crippen LogP contribution in [0, 0.1) is 11.3 Å². The summed E-state index contributed by atoms with van der Waals surface area (Å²) in [5.74, 6) is 0. The number of allylic oxidation sites excluding steroid dienone is 1. The highest BCUT2D eigenvalue weighted by Crippen LogP contribution is 2.39. The Morgan fingerprint density at radius 1 is 1.20 bits per heavy atom. The van der Waals surface area contributed by atoms with E-state index in [0.717, 1.165) is 0 Å². The molecule has 1 fully saturated rings. The highest BCUT2D eigenvalue weighted by Gasteiger charge is 2.52. The van der Waals surface area contributed by atoms with Crippen LogP contribution >= 0.6 is 11.6 Å². The molecule has 0 radical (unpaired) electrons. The number of benzene rings is 1. The van der Waals surface area contributed by atoms with E-state index in [9.17, 15) is 18.4 Å². The van der Waals surface area contributed by atoms with Crippen LogP contribution in [0.25, 0.3) is 0 Å². The second-order valence-electron chi connectivity index (χ2n) is 6.09. The fraction of sp³-hybridized carbons (Fsp3) is 0.471. The fourth-order valence-electron chi connectivity index (χ4n) is 3.31. The van der Waals surface area contributed by atoms with Crippen LogP contribution in [0.15, 0.2) is 36.2 Å². The molecule has 1 aromatic rings. The number of nitrogens with zero attached hydrogens (tertiary/aromatic N) is 3. The van der Waals surface area contributed by atoms with Crippen LogP contribution in [0.5, 0.6) is 0 Å². The van der Waals surface area contributed by atoms with Gasteiger partial charge in [0.05, 0.1) is 0 Å². The van der Waals surface area contributed by atoms with E-state index in [4.69, 9.17) is 16.3 Å². The highest BCUT2D eigenvalue weighted by molar-refractivity contribution is 6.30. The zero-order chi connectivity index (χ0) is 18.0. The van der Waals surface area contributed by atoms with Crippen molar-refractivity contribution in [2.24, 2.45) is 0 Å². The molecule has 0 saturated carbocycles. The Kier molecular flexibility index (Phi) is 5.11. The van der Waals surface area contributed by atoms with Gasteiger partial charge in [-0.15, -0.1) is 0 Å². The molecule has 0 bridgehead atoms. The quantitative estimate of drug-likeness (QED) is 0.808. The SMILES string of the molecule is N#CC1=CN(Cc2ccc(Cl)cc2)C(C(F)(F)F)N1C1CCOCC1. The number of alkyl halides is 3. The van der Waals surface area contributed by atoms with Gasteiger partial charge in [0, 0.05) is 37.0 Å². The molecular formula is C17H17ClF3N3O. The van der Waals surface area contributed by atoms with Crippen LogP contribution in [0.3, 0.4) is 0 Å². The topological polar surface area (TPSA) is 39.5 Å². The third-order valence-corrected chi connectivity index (χ3v) is 4.67. The first-order valence-electron chi connectivity index (χ1n) is 7.95. The minimum atomic E-state index is -4.49. The Morgan fingerprint density at radius 3 is 2.40 bits per heavy atom. The molecule has 2 aliphatic rings. The second-order valence-corrected chi connectivity index (χ2v) is 6.53. The molecule has 0 aliphatic carbocycles. The maximum absolute atomic E-state index is 13.8. The molecule has 2 aliphatic heterocycles. The van der Waals surface area contributed by atoms with Gasteiger partial charge < -0.3 is 14.5 Å². The van der Waals surface area contributed by atoms with Crippen molar-refractivity contribution in [2.45, 2.75) is 37.8 Å². The number of halogens is 4. The summed E-state index contributed by atoms with van der Waals surface area (Å²) in [5.41, 5.74) is 0.740. The molecule has 1 atom stereocenters. The summed E-state index contributed by atoms with van der Waals surface area (Å²) in [5, 5.41) is 9.89. The van der Waals surface area contributed by atoms with Crippen molar-refractivity contribution in [3.05, 3.63) is 46.7 Å². The summed E-state index contributed by atoms with van der Waals surface area (Å²) in [6.07, 6.45) is -4.08. The molecule has 0 spiro atoms. The van der Waals surface area contributed by atoms with E-state index in [0.29, 0.717) is 36.6 Å². The molecule has 1 saturated heterocycles. The first-order valence-corrected chi connectivity index (χ1v) is 8.33. The molecule has 2 heterocycles. The van der Waals surface area contributed by atoms with Crippen LogP contribution < -0.4 is 0 Å². The van der Waals surface area contributed by atoms with Crippen molar-refractivity contribution in [1.82, 2.24) is 9.80 Å². The lowest BCUT2D eigenvalue weighted by Gasteiger charge is -2.40. The number of ether oxygens (including phenoxy) is 1. The second kappa shape index (κ2) is 7.14. The number of hydrogen-bond donors (Lipinski definition) is 0. The molecule has 134 valence electrons. The van der Waals surface area contributed by atoms with Gasteiger partial charge in [-0.05, 0) is 30.5 Å². The number of rotatable bonds is 3. The summed E-state index contributed by atoms with van der Waals surface area (Å²) in [7, 11) is 0. The van der Waals surface area contributed by atoms with E-state index < -0.39 is 12.3 Å². The van der Waals surface area contributed by atoms with E-state index in [2.05, 4.69) is 0 Å². The average Bonchev–Trinajstić information content (AvgIpc) is 2.96. The van der Waals surface area contributed by atoms with Gasteiger partial charge >= 0.3 is 6.18 Å². The highest BCUT2D eigenvalue weighted by atomic mass is 35.5. The summed E-state index contributed by atoms with van der Waals surface area (Å²) in [4.78, 5) is 2.38. The zero-order valence-electron chi connectivity index (χ0n) is 13.3. The fourth-order valence-corrected chi connectivity index (χ4v) is 3.44. The van der Waals surface area contributed by atoms with Crippen molar-refractivity contribution in [2.75, 3.05) is 13.2 Å². The minimum absolute atomic E-state index is 0.0446. The minimum Gasteiger partial charge on any atom is -0.381 e. The Bertz CT molecular complexity index is 678. The maximum Gasteiger partial charge on any atom is 0.427 e. The normalized spacial score (nSPS) is 22.0. The van der Waals surface area contributed by atoms with Crippen LogP contribution in [0.1, 0.15) is 18.4 Å². The monoisotopic (exact) mass is 371 g/mol. The van der Waals surface area contributed by atoms with Gasteiger partial charge in [-0.2, -0.15) is 18.4 Å². The smallest absolute Gasteiger partial charge is 0.381 e. The van der Waals surface area contributed by atoms with Gasteiger partial charge in [0.1, 0.15) is 11.8 Å². The first-order chi connectivity index (χ1) is 11.9. The van der Waals surface area contributed by atoms with E-state index >= 15 is 0 Å². The van der Waals surface area contributed by atoms with Crippen molar-refractivity contribution >= 4 is 11.6 Å². The van der Waals surface area contributed by atoms with Gasteiger partial charge in [0.15, 0.2) is 0 Å². The van der Waals surface area contributed by atoms with Crippen molar-refractivity contribution in [3.63, 3.8) is 0 Å². The predicted molar refractivity (Wildman–Crippen MR) is 86.2 cm³/mol. The lowest BCUT2D eigenvalue weighted by atomic mass is 10.1. The van der Waals surface area contributed by atoms with Gasteiger partial charge in [-0.1, -0.05) is 23.7 Å². The third kappa shape index (κ3) is 3.86. The van der Waals surface area contributed by atoms with Gasteiger partial charge in [0.25, 0.3) is 0 Å². The van der Waals surface area contributed by atoms with Gasteiger partial charge in [0.2, 0.25) is 6.17 Å². The molecule has 1 unspecified atom stereocenters. The van der Waals surface area contributed by atoms with Gasteiger partial charge in [-0.25, -0.2) is 0 Å². The molecule has 3 rings (SSSR count). The lowest BCUT2D eigenvalue weighted by molar-refractivity contribution is -0.214. The zero-order valence-corrected chi connectivity index (χ0v) is 14.1. The van der Waals surface area contributed by atoms with E-state index in [-0.39, 0.29) is 18.3 Å². The summed E-state index contributed by atoms with van der Waals surface area (Å²) in [6.45, 7) is 0.857. The predicted octanol–water partition coefficient (Wildman–Crippen LogP) is 3.89. The molecule has 0 N–H and O–H groups in total. The Hall–Kier alpha value is -1.91. The van der Waals surface area contributed by atoms with Crippen LogP contribution in [0.4, 0.5) is 13.2 Å². The van der Waals surface area contributed by atoms with Crippen molar-refractivity contribution < 1.29 is 17.9 Å². The van der Waals surface area contributed by atoms with Crippen LogP contribution in [-0.2, 0) is 11.3 Å². The van der Waals surface area contributed by atoms with E-state index in [1.165, 1.54) is 16.0 Å². The molecule has 8 heteroatoms. The molecule has 0 amide bonds. The summed E-state index contributed by atoms with van der Waals surface area (Å²) in [6, 6.07) is 8.22. The molecular weight excluding hydrogens is 355 g/mol. The van der Waals surface area contributed by atoms with Crippen molar-refractivity contribution in [1.29, 1.82) is 5.26 Å². The maximum atomic E-state index is 13.8. The van der Waals surface area contributed by atoms with Crippen LogP contribution in [-0.4, -0.2) is 41.4 Å². The van der Waals surface area contributed by atoms with Gasteiger partial charge in [-0.3, -0.25) is 0 Å². The first kappa shape index (κ1) is 17.9. The van der Waals surface area contributed by atoms with E-state index in [1.54, 1.807) is 24.3 Å². The third-order valence-electron chi connectivity index (χ3n) is 4.41. The summed E-state index contributed by atoms with van der Waals surface area (Å²) < 4.78 is 46.7. The van der Waals surface area contributed by atoms with Crippen molar-refractivity contribution in [3.8, 4) is 6.07 Å². The molecule has 4 nitrogen and oxygen atoms in total. The number of nitriles is 1. The lowest BCUT2D eigenvalue weighted by Crippen LogP contribution is -2.54. The Morgan fingerprint density at radius 2 is 1.84 bits per heavy atom. The Balaban J connectivity index is 1.89.